The molecule has 0 unspecified atom stereocenters. The molecular weight excluding hydrogens is 254 g/mol. The van der Waals surface area contributed by atoms with Crippen LogP contribution in [0.2, 0.25) is 0 Å². The smallest absolute Gasteiger partial charge is 0.242 e. The average Bonchev–Trinajstić information content (AvgIpc) is 2.95. The maximum Gasteiger partial charge on any atom is 0.242 e. The Balaban J connectivity index is 2.10. The minimum atomic E-state index is -3.52. The lowest BCUT2D eigenvalue weighted by Gasteiger charge is -2.05. The van der Waals surface area contributed by atoms with E-state index in [9.17, 15) is 8.42 Å². The van der Waals surface area contributed by atoms with Gasteiger partial charge in [-0.05, 0) is 12.1 Å². The van der Waals surface area contributed by atoms with Crippen LogP contribution in [0, 0.1) is 0 Å². The summed E-state index contributed by atoms with van der Waals surface area (Å²) < 4.78 is 28.1. The largest absolute Gasteiger partial charge is 0.363 e. The second-order valence-corrected chi connectivity index (χ2v) is 5.60. The summed E-state index contributed by atoms with van der Waals surface area (Å²) in [6.07, 6.45) is 3.04. The number of aromatic amines is 1. The van der Waals surface area contributed by atoms with Gasteiger partial charge in [0.25, 0.3) is 0 Å². The second-order valence-electron chi connectivity index (χ2n) is 3.84. The summed E-state index contributed by atoms with van der Waals surface area (Å²) in [6, 6.07) is 3.27. The van der Waals surface area contributed by atoms with Crippen LogP contribution in [0.15, 0.2) is 29.4 Å². The monoisotopic (exact) mass is 269 g/mol. The van der Waals surface area contributed by atoms with Crippen molar-refractivity contribution >= 4 is 10.0 Å². The van der Waals surface area contributed by atoms with Crippen LogP contribution >= 0.6 is 0 Å². The minimum absolute atomic E-state index is 0.185. The van der Waals surface area contributed by atoms with E-state index in [1.807, 2.05) is 0 Å². The van der Waals surface area contributed by atoms with Crippen LogP contribution in [0.1, 0.15) is 11.4 Å². The van der Waals surface area contributed by atoms with Crippen molar-refractivity contribution in [3.05, 3.63) is 35.9 Å². The SMILES string of the molecule is Cn1nccc1CNS(=O)(=O)c1c[nH]c(CN)c1. The third kappa shape index (κ3) is 2.61. The Kier molecular flexibility index (Phi) is 3.50. The predicted molar refractivity (Wildman–Crippen MR) is 65.9 cm³/mol. The van der Waals surface area contributed by atoms with Crippen LogP contribution in [-0.2, 0) is 30.2 Å². The molecule has 0 fully saturated rings. The topological polar surface area (TPSA) is 106 Å². The molecule has 0 bridgehead atoms. The Labute approximate surface area is 105 Å². The third-order valence-electron chi connectivity index (χ3n) is 2.61. The van der Waals surface area contributed by atoms with Gasteiger partial charge < -0.3 is 10.7 Å². The molecule has 2 aromatic heterocycles. The Morgan fingerprint density at radius 2 is 2.33 bits per heavy atom. The molecule has 18 heavy (non-hydrogen) atoms. The van der Waals surface area contributed by atoms with Gasteiger partial charge in [-0.1, -0.05) is 0 Å². The summed E-state index contributed by atoms with van der Waals surface area (Å²) in [5.41, 5.74) is 6.88. The summed E-state index contributed by atoms with van der Waals surface area (Å²) in [4.78, 5) is 2.99. The van der Waals surface area contributed by atoms with E-state index in [2.05, 4.69) is 14.8 Å². The lowest BCUT2D eigenvalue weighted by atomic mass is 10.4. The lowest BCUT2D eigenvalue weighted by Crippen LogP contribution is -2.24. The quantitative estimate of drug-likeness (QED) is 0.692. The fourth-order valence-corrected chi connectivity index (χ4v) is 2.53. The molecule has 0 radical (unpaired) electrons. The predicted octanol–water partition coefficient (Wildman–Crippen LogP) is -0.315. The molecule has 0 aliphatic heterocycles. The van der Waals surface area contributed by atoms with Gasteiger partial charge in [0.1, 0.15) is 0 Å². The maximum atomic E-state index is 12.0. The first-order valence-electron chi connectivity index (χ1n) is 5.37. The van der Waals surface area contributed by atoms with Gasteiger partial charge in [-0.2, -0.15) is 5.10 Å². The fourth-order valence-electron chi connectivity index (χ4n) is 1.52. The van der Waals surface area contributed by atoms with E-state index < -0.39 is 10.0 Å². The fraction of sp³-hybridized carbons (Fsp3) is 0.300. The molecule has 2 aromatic rings. The zero-order valence-electron chi connectivity index (χ0n) is 9.92. The van der Waals surface area contributed by atoms with E-state index in [0.29, 0.717) is 5.69 Å². The molecule has 2 heterocycles. The van der Waals surface area contributed by atoms with E-state index in [0.717, 1.165) is 5.69 Å². The molecule has 4 N–H and O–H groups in total. The third-order valence-corrected chi connectivity index (χ3v) is 3.99. The van der Waals surface area contributed by atoms with Crippen molar-refractivity contribution in [1.29, 1.82) is 0 Å². The summed E-state index contributed by atoms with van der Waals surface area (Å²) in [7, 11) is -1.76. The van der Waals surface area contributed by atoms with Crippen LogP contribution in [0.25, 0.3) is 0 Å². The zero-order chi connectivity index (χ0) is 13.2. The van der Waals surface area contributed by atoms with Gasteiger partial charge in [0.15, 0.2) is 0 Å². The summed E-state index contributed by atoms with van der Waals surface area (Å²) in [6.45, 7) is 0.471. The molecule has 0 aromatic carbocycles. The van der Waals surface area contributed by atoms with Crippen molar-refractivity contribution in [3.63, 3.8) is 0 Å². The molecule has 0 amide bonds. The minimum Gasteiger partial charge on any atom is -0.363 e. The van der Waals surface area contributed by atoms with Gasteiger partial charge in [0.05, 0.1) is 17.1 Å². The Hall–Kier alpha value is -1.64. The number of hydrogen-bond donors (Lipinski definition) is 3. The standard InChI is InChI=1S/C10H15N5O2S/c1-15-9(2-3-13-15)6-14-18(16,17)10-4-8(5-11)12-7-10/h2-4,7,12,14H,5-6,11H2,1H3. The first-order valence-corrected chi connectivity index (χ1v) is 6.85. The molecule has 0 saturated carbocycles. The number of rotatable bonds is 5. The molecule has 0 saturated heterocycles. The molecule has 7 nitrogen and oxygen atoms in total. The van der Waals surface area contributed by atoms with E-state index in [1.165, 1.54) is 12.3 Å². The number of aromatic nitrogens is 3. The zero-order valence-corrected chi connectivity index (χ0v) is 10.7. The van der Waals surface area contributed by atoms with Crippen LogP contribution in [0.3, 0.4) is 0 Å². The van der Waals surface area contributed by atoms with Crippen LogP contribution in [-0.4, -0.2) is 23.2 Å². The number of nitrogens with one attached hydrogen (secondary N) is 2. The van der Waals surface area contributed by atoms with Crippen molar-refractivity contribution in [2.24, 2.45) is 12.8 Å². The molecule has 2 rings (SSSR count). The number of hydrogen-bond acceptors (Lipinski definition) is 4. The highest BCUT2D eigenvalue weighted by molar-refractivity contribution is 7.89. The van der Waals surface area contributed by atoms with Crippen LogP contribution in [0.5, 0.6) is 0 Å². The summed E-state index contributed by atoms with van der Waals surface area (Å²) in [5, 5.41) is 3.97. The van der Waals surface area contributed by atoms with E-state index >= 15 is 0 Å². The molecule has 0 aliphatic rings. The van der Waals surface area contributed by atoms with Gasteiger partial charge in [0, 0.05) is 31.7 Å². The number of aryl methyl sites for hydroxylation is 1. The molecule has 8 heteroatoms. The second kappa shape index (κ2) is 4.92. The molecule has 0 atom stereocenters. The molecule has 98 valence electrons. The number of nitrogens with zero attached hydrogens (tertiary/aromatic N) is 2. The van der Waals surface area contributed by atoms with Gasteiger partial charge >= 0.3 is 0 Å². The highest BCUT2D eigenvalue weighted by Crippen LogP contribution is 2.10. The van der Waals surface area contributed by atoms with Gasteiger partial charge in [-0.25, -0.2) is 13.1 Å². The van der Waals surface area contributed by atoms with E-state index in [1.54, 1.807) is 24.0 Å². The molecule has 0 spiro atoms. The van der Waals surface area contributed by atoms with Crippen LogP contribution < -0.4 is 10.5 Å². The van der Waals surface area contributed by atoms with E-state index in [4.69, 9.17) is 5.73 Å². The average molecular weight is 269 g/mol. The van der Waals surface area contributed by atoms with E-state index in [-0.39, 0.29) is 18.0 Å². The Morgan fingerprint density at radius 3 is 2.89 bits per heavy atom. The number of nitrogens with two attached hydrogens (primary N) is 1. The summed E-state index contributed by atoms with van der Waals surface area (Å²) >= 11 is 0. The van der Waals surface area contributed by atoms with Crippen molar-refractivity contribution in [2.45, 2.75) is 18.0 Å². The van der Waals surface area contributed by atoms with Crippen molar-refractivity contribution in [3.8, 4) is 0 Å². The van der Waals surface area contributed by atoms with Crippen molar-refractivity contribution in [1.82, 2.24) is 19.5 Å². The normalized spacial score (nSPS) is 11.9. The van der Waals surface area contributed by atoms with Gasteiger partial charge in [-0.3, -0.25) is 4.68 Å². The van der Waals surface area contributed by atoms with Crippen LogP contribution in [0.4, 0.5) is 0 Å². The number of H-pyrrole nitrogens is 1. The lowest BCUT2D eigenvalue weighted by molar-refractivity contribution is 0.577. The Bertz CT molecular complexity index is 628. The summed E-state index contributed by atoms with van der Waals surface area (Å²) in [5.74, 6) is 0. The van der Waals surface area contributed by atoms with Gasteiger partial charge in [-0.15, -0.1) is 0 Å². The first kappa shape index (κ1) is 12.8. The van der Waals surface area contributed by atoms with Gasteiger partial charge in [0.2, 0.25) is 10.0 Å². The van der Waals surface area contributed by atoms with Crippen molar-refractivity contribution < 1.29 is 8.42 Å². The Morgan fingerprint density at radius 1 is 1.56 bits per heavy atom. The maximum absolute atomic E-state index is 12.0. The van der Waals surface area contributed by atoms with Crippen molar-refractivity contribution in [2.75, 3.05) is 0 Å². The molecule has 0 aliphatic carbocycles. The first-order chi connectivity index (χ1) is 8.53. The number of sulfonamides is 1. The highest BCUT2D eigenvalue weighted by atomic mass is 32.2. The molecular formula is C10H15N5O2S. The highest BCUT2D eigenvalue weighted by Gasteiger charge is 2.16.